The molecule has 2 atom stereocenters. The van der Waals surface area contributed by atoms with Crippen LogP contribution in [0.3, 0.4) is 0 Å². The summed E-state index contributed by atoms with van der Waals surface area (Å²) in [5.74, 6) is 0.752. The molecule has 1 amide bonds. The van der Waals surface area contributed by atoms with Gasteiger partial charge < -0.3 is 21.1 Å². The number of amides is 1. The third-order valence-electron chi connectivity index (χ3n) is 3.61. The molecular weight excluding hydrogens is 266 g/mol. The number of nitrogens with two attached hydrogens (primary N) is 1. The number of nitrogen functional groups attached to an aromatic ring is 1. The van der Waals surface area contributed by atoms with Crippen molar-refractivity contribution in [3.05, 3.63) is 29.8 Å². The summed E-state index contributed by atoms with van der Waals surface area (Å²) in [4.78, 5) is 11.7. The van der Waals surface area contributed by atoms with E-state index in [2.05, 4.69) is 22.8 Å². The average Bonchev–Trinajstić information content (AvgIpc) is 2.83. The smallest absolute Gasteiger partial charge is 0.407 e. The molecule has 1 aromatic carbocycles. The lowest BCUT2D eigenvalue weighted by Gasteiger charge is -2.22. The lowest BCUT2D eigenvalue weighted by Crippen LogP contribution is -2.36. The zero-order valence-corrected chi connectivity index (χ0v) is 13.0. The van der Waals surface area contributed by atoms with E-state index in [1.807, 2.05) is 32.9 Å². The molecule has 2 rings (SSSR count). The normalized spacial score (nSPS) is 22.0. The van der Waals surface area contributed by atoms with Gasteiger partial charge in [-0.05, 0) is 44.4 Å². The molecule has 4 N–H and O–H groups in total. The van der Waals surface area contributed by atoms with E-state index < -0.39 is 5.60 Å². The van der Waals surface area contributed by atoms with Gasteiger partial charge in [-0.15, -0.1) is 0 Å². The van der Waals surface area contributed by atoms with Crippen LogP contribution in [-0.4, -0.2) is 31.3 Å². The monoisotopic (exact) mass is 291 g/mol. The van der Waals surface area contributed by atoms with Crippen molar-refractivity contribution in [3.63, 3.8) is 0 Å². The Morgan fingerprint density at radius 2 is 2.00 bits per heavy atom. The van der Waals surface area contributed by atoms with Crippen molar-refractivity contribution < 1.29 is 9.53 Å². The van der Waals surface area contributed by atoms with E-state index in [9.17, 15) is 4.79 Å². The van der Waals surface area contributed by atoms with Crippen molar-refractivity contribution in [1.29, 1.82) is 0 Å². The van der Waals surface area contributed by atoms with Gasteiger partial charge in [0.15, 0.2) is 0 Å². The molecule has 1 aromatic rings. The number of benzene rings is 1. The molecule has 0 radical (unpaired) electrons. The van der Waals surface area contributed by atoms with Gasteiger partial charge in [0, 0.05) is 31.2 Å². The van der Waals surface area contributed by atoms with Crippen molar-refractivity contribution in [2.24, 2.45) is 5.92 Å². The Labute approximate surface area is 126 Å². The van der Waals surface area contributed by atoms with Crippen LogP contribution in [-0.2, 0) is 4.74 Å². The molecule has 0 aliphatic carbocycles. The molecule has 21 heavy (non-hydrogen) atoms. The number of carbonyl (C=O) groups excluding carboxylic acids is 1. The van der Waals surface area contributed by atoms with Crippen LogP contribution >= 0.6 is 0 Å². The second-order valence-electron chi connectivity index (χ2n) is 6.57. The fourth-order valence-corrected chi connectivity index (χ4v) is 2.61. The molecule has 5 nitrogen and oxygen atoms in total. The predicted octanol–water partition coefficient (Wildman–Crippen LogP) is 2.10. The fourth-order valence-electron chi connectivity index (χ4n) is 2.61. The van der Waals surface area contributed by atoms with Gasteiger partial charge in [0.05, 0.1) is 0 Å². The predicted molar refractivity (Wildman–Crippen MR) is 84.2 cm³/mol. The summed E-state index contributed by atoms with van der Waals surface area (Å²) in [7, 11) is 0. The minimum absolute atomic E-state index is 0.356. The fraction of sp³-hybridized carbons (Fsp3) is 0.562. The van der Waals surface area contributed by atoms with Crippen LogP contribution in [0.25, 0.3) is 0 Å². The number of anilines is 1. The van der Waals surface area contributed by atoms with Crippen molar-refractivity contribution in [2.45, 2.75) is 32.3 Å². The topological polar surface area (TPSA) is 76.4 Å². The Balaban J connectivity index is 1.90. The van der Waals surface area contributed by atoms with E-state index in [0.717, 1.165) is 18.8 Å². The molecule has 0 aromatic heterocycles. The summed E-state index contributed by atoms with van der Waals surface area (Å²) in [6.07, 6.45) is -0.356. The number of carbonyl (C=O) groups is 1. The number of nitrogens with one attached hydrogen (secondary N) is 2. The minimum atomic E-state index is -0.464. The molecule has 1 saturated heterocycles. The van der Waals surface area contributed by atoms with E-state index in [4.69, 9.17) is 10.5 Å². The maximum atomic E-state index is 11.7. The third-order valence-corrected chi connectivity index (χ3v) is 3.61. The van der Waals surface area contributed by atoms with E-state index >= 15 is 0 Å². The molecule has 1 aliphatic rings. The maximum Gasteiger partial charge on any atom is 0.407 e. The van der Waals surface area contributed by atoms with Crippen LogP contribution < -0.4 is 16.4 Å². The Morgan fingerprint density at radius 3 is 2.62 bits per heavy atom. The number of hydrogen-bond acceptors (Lipinski definition) is 4. The van der Waals surface area contributed by atoms with Gasteiger partial charge in [-0.3, -0.25) is 0 Å². The van der Waals surface area contributed by atoms with Gasteiger partial charge in [-0.2, -0.15) is 0 Å². The molecule has 116 valence electrons. The Morgan fingerprint density at radius 1 is 1.33 bits per heavy atom. The van der Waals surface area contributed by atoms with Crippen molar-refractivity contribution in [1.82, 2.24) is 10.6 Å². The van der Waals surface area contributed by atoms with Crippen LogP contribution in [0.15, 0.2) is 24.3 Å². The Bertz CT molecular complexity index is 479. The van der Waals surface area contributed by atoms with Crippen molar-refractivity contribution in [3.8, 4) is 0 Å². The standard InChI is InChI=1S/C16H25N3O2/c1-16(2,3)21-15(20)19-9-12-8-18-10-14(12)11-4-6-13(17)7-5-11/h4-7,12,14,18H,8-10,17H2,1-3H3,(H,19,20)/t12-,14-/m1/s1. The largest absolute Gasteiger partial charge is 0.444 e. The van der Waals surface area contributed by atoms with Crippen molar-refractivity contribution >= 4 is 11.8 Å². The first-order chi connectivity index (χ1) is 9.85. The highest BCUT2D eigenvalue weighted by molar-refractivity contribution is 5.67. The summed E-state index contributed by atoms with van der Waals surface area (Å²) in [5, 5.41) is 6.25. The van der Waals surface area contributed by atoms with Crippen LogP contribution in [0.4, 0.5) is 10.5 Å². The molecular formula is C16H25N3O2. The summed E-state index contributed by atoms with van der Waals surface area (Å²) in [5.41, 5.74) is 7.29. The van der Waals surface area contributed by atoms with E-state index in [1.54, 1.807) is 0 Å². The van der Waals surface area contributed by atoms with Gasteiger partial charge in [0.25, 0.3) is 0 Å². The van der Waals surface area contributed by atoms with Gasteiger partial charge in [-0.1, -0.05) is 12.1 Å². The van der Waals surface area contributed by atoms with Crippen LogP contribution in [0.5, 0.6) is 0 Å². The van der Waals surface area contributed by atoms with E-state index in [0.29, 0.717) is 18.4 Å². The van der Waals surface area contributed by atoms with Gasteiger partial charge in [-0.25, -0.2) is 4.79 Å². The van der Waals surface area contributed by atoms with Crippen LogP contribution in [0.2, 0.25) is 0 Å². The third kappa shape index (κ3) is 4.63. The lowest BCUT2D eigenvalue weighted by atomic mass is 9.89. The number of hydrogen-bond donors (Lipinski definition) is 3. The molecule has 0 saturated carbocycles. The lowest BCUT2D eigenvalue weighted by molar-refractivity contribution is 0.0519. The highest BCUT2D eigenvalue weighted by Gasteiger charge is 2.29. The first-order valence-electron chi connectivity index (χ1n) is 7.38. The second kappa shape index (κ2) is 6.35. The first-order valence-corrected chi connectivity index (χ1v) is 7.38. The van der Waals surface area contributed by atoms with Gasteiger partial charge in [0.2, 0.25) is 0 Å². The van der Waals surface area contributed by atoms with E-state index in [-0.39, 0.29) is 6.09 Å². The molecule has 1 fully saturated rings. The van der Waals surface area contributed by atoms with E-state index in [1.165, 1.54) is 5.56 Å². The number of alkyl carbamates (subject to hydrolysis) is 1. The first kappa shape index (κ1) is 15.6. The second-order valence-corrected chi connectivity index (χ2v) is 6.57. The Hall–Kier alpha value is -1.75. The Kier molecular flexibility index (Phi) is 4.73. The molecule has 5 heteroatoms. The zero-order valence-electron chi connectivity index (χ0n) is 13.0. The quantitative estimate of drug-likeness (QED) is 0.745. The summed E-state index contributed by atoms with van der Waals surface area (Å²) in [6, 6.07) is 7.97. The number of ether oxygens (including phenoxy) is 1. The highest BCUT2D eigenvalue weighted by atomic mass is 16.6. The molecule has 0 spiro atoms. The average molecular weight is 291 g/mol. The SMILES string of the molecule is CC(C)(C)OC(=O)NC[C@H]1CNC[C@@H]1c1ccc(N)cc1. The van der Waals surface area contributed by atoms with Crippen LogP contribution in [0.1, 0.15) is 32.3 Å². The summed E-state index contributed by atoms with van der Waals surface area (Å²) in [6.45, 7) is 8.01. The minimum Gasteiger partial charge on any atom is -0.444 e. The van der Waals surface area contributed by atoms with Gasteiger partial charge >= 0.3 is 6.09 Å². The molecule has 0 bridgehead atoms. The number of rotatable bonds is 3. The van der Waals surface area contributed by atoms with Gasteiger partial charge in [0.1, 0.15) is 5.60 Å². The zero-order chi connectivity index (χ0) is 15.5. The summed E-state index contributed by atoms with van der Waals surface area (Å²) >= 11 is 0. The maximum absolute atomic E-state index is 11.7. The molecule has 1 aliphatic heterocycles. The molecule has 0 unspecified atom stereocenters. The van der Waals surface area contributed by atoms with Crippen LogP contribution in [0, 0.1) is 5.92 Å². The highest BCUT2D eigenvalue weighted by Crippen LogP contribution is 2.28. The summed E-state index contributed by atoms with van der Waals surface area (Å²) < 4.78 is 5.27. The molecule has 1 heterocycles. The van der Waals surface area contributed by atoms with Crippen molar-refractivity contribution in [2.75, 3.05) is 25.4 Å².